The van der Waals surface area contributed by atoms with Crippen molar-refractivity contribution in [1.29, 1.82) is 0 Å². The number of halogens is 4. The van der Waals surface area contributed by atoms with Crippen molar-refractivity contribution in [3.8, 4) is 0 Å². The molecule has 0 atom stereocenters. The number of aryl methyl sites for hydroxylation is 1. The Labute approximate surface area is 144 Å². The first-order valence-electron chi connectivity index (χ1n) is 8.11. The van der Waals surface area contributed by atoms with Crippen LogP contribution in [0.2, 0.25) is 18.1 Å². The first kappa shape index (κ1) is 18.6. The third-order valence-corrected chi connectivity index (χ3v) is 11.1. The first-order valence-corrected chi connectivity index (χ1v) is 11.9. The van der Waals surface area contributed by atoms with Gasteiger partial charge in [-0.1, -0.05) is 54.8 Å². The van der Waals surface area contributed by atoms with Gasteiger partial charge in [-0.2, -0.15) is 13.2 Å². The van der Waals surface area contributed by atoms with Crippen molar-refractivity contribution in [1.82, 2.24) is 4.98 Å². The highest BCUT2D eigenvalue weighted by molar-refractivity contribution is 9.09. The Morgan fingerprint density at radius 1 is 1.09 bits per heavy atom. The molecule has 1 aromatic carbocycles. The molecule has 0 bridgehead atoms. The lowest BCUT2D eigenvalue weighted by molar-refractivity contribution is -0.137. The highest BCUT2D eigenvalue weighted by Crippen LogP contribution is 2.33. The fourth-order valence-electron chi connectivity index (χ4n) is 3.51. The SMILES string of the molecule is CC[Si](CC)(CC)c1[nH]c2ccc(C(F)(F)F)cc2c1CCBr. The van der Waals surface area contributed by atoms with Gasteiger partial charge in [-0.3, -0.25) is 0 Å². The summed E-state index contributed by atoms with van der Waals surface area (Å²) < 4.78 is 39.2. The fourth-order valence-corrected chi connectivity index (χ4v) is 7.77. The van der Waals surface area contributed by atoms with Gasteiger partial charge in [-0.15, -0.1) is 0 Å². The molecular formula is C17H23BrF3NSi. The maximum Gasteiger partial charge on any atom is 0.416 e. The van der Waals surface area contributed by atoms with E-state index in [-0.39, 0.29) is 0 Å². The highest BCUT2D eigenvalue weighted by Gasteiger charge is 2.35. The second kappa shape index (κ2) is 7.01. The Kier molecular flexibility index (Phi) is 5.66. The lowest BCUT2D eigenvalue weighted by Crippen LogP contribution is -2.48. The zero-order chi connectivity index (χ0) is 17.3. The summed E-state index contributed by atoms with van der Waals surface area (Å²) in [6, 6.07) is 7.39. The van der Waals surface area contributed by atoms with E-state index in [0.717, 1.165) is 46.3 Å². The van der Waals surface area contributed by atoms with E-state index in [2.05, 4.69) is 41.7 Å². The molecule has 1 nitrogen and oxygen atoms in total. The predicted octanol–water partition coefficient (Wildman–Crippen LogP) is 5.84. The van der Waals surface area contributed by atoms with Crippen LogP contribution in [0.3, 0.4) is 0 Å². The van der Waals surface area contributed by atoms with Crippen molar-refractivity contribution in [3.63, 3.8) is 0 Å². The van der Waals surface area contributed by atoms with Gasteiger partial charge in [0.2, 0.25) is 0 Å². The van der Waals surface area contributed by atoms with Crippen LogP contribution in [0, 0.1) is 0 Å². The van der Waals surface area contributed by atoms with Gasteiger partial charge in [-0.05, 0) is 30.2 Å². The number of hydrogen-bond acceptors (Lipinski definition) is 0. The molecule has 0 aliphatic rings. The Bertz CT molecular complexity index is 666. The third-order valence-electron chi connectivity index (χ3n) is 5.14. The second-order valence-electron chi connectivity index (χ2n) is 6.02. The number of alkyl halides is 4. The summed E-state index contributed by atoms with van der Waals surface area (Å²) in [6.07, 6.45) is -3.54. The van der Waals surface area contributed by atoms with Crippen LogP contribution >= 0.6 is 15.9 Å². The summed E-state index contributed by atoms with van der Waals surface area (Å²) in [5, 5.41) is 2.74. The van der Waals surface area contributed by atoms with Crippen LogP contribution < -0.4 is 5.32 Å². The standard InChI is InChI=1S/C17H23BrF3NSi/c1-4-23(5-2,6-3)16-13(9-10-18)14-11-12(17(19,20)21)7-8-15(14)22-16/h7-8,11,22H,4-6,9-10H2,1-3H3. The molecule has 0 amide bonds. The molecule has 1 N–H and O–H groups in total. The van der Waals surface area contributed by atoms with Gasteiger partial charge < -0.3 is 4.98 Å². The third kappa shape index (κ3) is 3.38. The molecule has 0 saturated carbocycles. The van der Waals surface area contributed by atoms with E-state index in [1.54, 1.807) is 6.07 Å². The van der Waals surface area contributed by atoms with E-state index in [4.69, 9.17) is 0 Å². The quantitative estimate of drug-likeness (QED) is 0.458. The summed E-state index contributed by atoms with van der Waals surface area (Å²) in [5.41, 5.74) is 1.35. The van der Waals surface area contributed by atoms with Gasteiger partial charge in [0.15, 0.2) is 0 Å². The van der Waals surface area contributed by atoms with Crippen LogP contribution in [0.1, 0.15) is 31.9 Å². The van der Waals surface area contributed by atoms with Gasteiger partial charge in [-0.25, -0.2) is 0 Å². The minimum atomic E-state index is -4.30. The van der Waals surface area contributed by atoms with Crippen molar-refractivity contribution in [2.75, 3.05) is 5.33 Å². The average Bonchev–Trinajstić information content (AvgIpc) is 2.88. The number of aromatic nitrogens is 1. The van der Waals surface area contributed by atoms with Crippen molar-refractivity contribution in [2.45, 2.75) is 51.5 Å². The zero-order valence-electron chi connectivity index (χ0n) is 13.8. The maximum atomic E-state index is 13.1. The van der Waals surface area contributed by atoms with Crippen molar-refractivity contribution in [3.05, 3.63) is 29.3 Å². The van der Waals surface area contributed by atoms with Crippen LogP contribution in [-0.4, -0.2) is 18.4 Å². The molecule has 6 heteroatoms. The number of aromatic amines is 1. The van der Waals surface area contributed by atoms with Crippen LogP contribution in [0.15, 0.2) is 18.2 Å². The average molecular weight is 406 g/mol. The molecule has 128 valence electrons. The van der Waals surface area contributed by atoms with E-state index < -0.39 is 19.8 Å². The van der Waals surface area contributed by atoms with Gasteiger partial charge in [0.05, 0.1) is 5.56 Å². The number of rotatable bonds is 6. The number of hydrogen-bond donors (Lipinski definition) is 1. The van der Waals surface area contributed by atoms with Crippen molar-refractivity contribution in [2.24, 2.45) is 0 Å². The number of nitrogens with one attached hydrogen (secondary N) is 1. The summed E-state index contributed by atoms with van der Waals surface area (Å²) in [5.74, 6) is 0. The van der Waals surface area contributed by atoms with Gasteiger partial charge in [0.1, 0.15) is 8.07 Å². The van der Waals surface area contributed by atoms with Crippen LogP contribution in [0.4, 0.5) is 13.2 Å². The van der Waals surface area contributed by atoms with Crippen LogP contribution in [0.5, 0.6) is 0 Å². The Balaban J connectivity index is 2.73. The van der Waals surface area contributed by atoms with Gasteiger partial charge in [0.25, 0.3) is 0 Å². The highest BCUT2D eigenvalue weighted by atomic mass is 79.9. The van der Waals surface area contributed by atoms with Crippen LogP contribution in [0.25, 0.3) is 10.9 Å². The molecule has 1 aromatic heterocycles. The fraction of sp³-hybridized carbons (Fsp3) is 0.529. The smallest absolute Gasteiger partial charge is 0.362 e. The molecule has 0 radical (unpaired) electrons. The molecule has 0 saturated heterocycles. The summed E-state index contributed by atoms with van der Waals surface area (Å²) in [4.78, 5) is 3.49. The van der Waals surface area contributed by atoms with Crippen LogP contribution in [-0.2, 0) is 12.6 Å². The van der Waals surface area contributed by atoms with E-state index in [1.165, 1.54) is 17.4 Å². The largest absolute Gasteiger partial charge is 0.416 e. The Morgan fingerprint density at radius 2 is 1.70 bits per heavy atom. The summed E-state index contributed by atoms with van der Waals surface area (Å²) in [6.45, 7) is 6.64. The monoisotopic (exact) mass is 405 g/mol. The lowest BCUT2D eigenvalue weighted by atomic mass is 10.1. The molecule has 2 aromatic rings. The van der Waals surface area contributed by atoms with Gasteiger partial charge in [0, 0.05) is 21.6 Å². The molecule has 1 heterocycles. The Morgan fingerprint density at radius 3 is 2.17 bits per heavy atom. The zero-order valence-corrected chi connectivity index (χ0v) is 16.4. The molecule has 0 fully saturated rings. The van der Waals surface area contributed by atoms with E-state index in [9.17, 15) is 13.2 Å². The van der Waals surface area contributed by atoms with Crippen molar-refractivity contribution < 1.29 is 13.2 Å². The molecule has 0 aliphatic carbocycles. The predicted molar refractivity (Wildman–Crippen MR) is 97.6 cm³/mol. The maximum absolute atomic E-state index is 13.1. The van der Waals surface area contributed by atoms with Crippen molar-refractivity contribution >= 4 is 40.2 Å². The van der Waals surface area contributed by atoms with E-state index in [1.807, 2.05) is 0 Å². The molecule has 23 heavy (non-hydrogen) atoms. The molecular weight excluding hydrogens is 383 g/mol. The summed E-state index contributed by atoms with van der Waals surface area (Å²) in [7, 11) is -1.68. The first-order chi connectivity index (χ1) is 10.8. The minimum absolute atomic E-state index is 0.567. The molecule has 0 spiro atoms. The lowest BCUT2D eigenvalue weighted by Gasteiger charge is -2.28. The topological polar surface area (TPSA) is 15.8 Å². The summed E-state index contributed by atoms with van der Waals surface area (Å²) >= 11 is 3.46. The minimum Gasteiger partial charge on any atom is -0.362 e. The number of H-pyrrole nitrogens is 1. The second-order valence-corrected chi connectivity index (χ2v) is 12.0. The molecule has 0 unspecified atom stereocenters. The van der Waals surface area contributed by atoms with E-state index >= 15 is 0 Å². The van der Waals surface area contributed by atoms with E-state index in [0.29, 0.717) is 0 Å². The molecule has 0 aliphatic heterocycles. The Hall–Kier alpha value is -0.753. The number of fused-ring (bicyclic) bond motifs is 1. The number of benzene rings is 1. The van der Waals surface area contributed by atoms with Gasteiger partial charge >= 0.3 is 6.18 Å². The normalized spacial score (nSPS) is 13.0. The molecule has 2 rings (SSSR count).